The molecule has 1 aromatic rings. The van der Waals surface area contributed by atoms with Gasteiger partial charge in [0.25, 0.3) is 9.05 Å². The largest absolute Gasteiger partial charge is 0.372 e. The van der Waals surface area contributed by atoms with Gasteiger partial charge in [0.2, 0.25) is 5.91 Å². The van der Waals surface area contributed by atoms with Crippen LogP contribution in [0.3, 0.4) is 0 Å². The smallest absolute Gasteiger partial charge is 0.261 e. The Morgan fingerprint density at radius 3 is 2.47 bits per heavy atom. The molecule has 0 heterocycles. The van der Waals surface area contributed by atoms with Gasteiger partial charge in [0.15, 0.2) is 0 Å². The summed E-state index contributed by atoms with van der Waals surface area (Å²) in [5.74, 6) is -0.165. The highest BCUT2D eigenvalue weighted by Gasteiger charge is 2.08. The van der Waals surface area contributed by atoms with Gasteiger partial charge in [0.05, 0.1) is 4.90 Å². The van der Waals surface area contributed by atoms with E-state index in [9.17, 15) is 13.2 Å². The van der Waals surface area contributed by atoms with Crippen molar-refractivity contribution in [3.05, 3.63) is 29.8 Å². The first-order chi connectivity index (χ1) is 8.93. The summed E-state index contributed by atoms with van der Waals surface area (Å²) < 4.78 is 27.0. The Bertz CT molecular complexity index is 513. The molecule has 0 saturated carbocycles. The molecule has 1 amide bonds. The second-order valence-corrected chi connectivity index (χ2v) is 6.38. The Balaban J connectivity index is 2.40. The van der Waals surface area contributed by atoms with Crippen molar-refractivity contribution in [3.63, 3.8) is 0 Å². The molecule has 1 N–H and O–H groups in total. The van der Waals surface area contributed by atoms with Crippen molar-refractivity contribution in [1.29, 1.82) is 0 Å². The highest BCUT2D eigenvalue weighted by atomic mass is 35.7. The monoisotopic (exact) mass is 305 g/mol. The molecule has 0 spiro atoms. The highest BCUT2D eigenvalue weighted by molar-refractivity contribution is 8.13. The summed E-state index contributed by atoms with van der Waals surface area (Å²) in [6.07, 6.45) is 0.612. The molecule has 0 atom stereocenters. The fraction of sp³-hybridized carbons (Fsp3) is 0.417. The Morgan fingerprint density at radius 2 is 1.95 bits per heavy atom. The normalized spacial score (nSPS) is 11.3. The van der Waals surface area contributed by atoms with Crippen molar-refractivity contribution in [3.8, 4) is 0 Å². The van der Waals surface area contributed by atoms with Gasteiger partial charge in [0.1, 0.15) is 6.61 Å². The molecule has 106 valence electrons. The first-order valence-electron chi connectivity index (χ1n) is 5.81. The third-order valence-electron chi connectivity index (χ3n) is 2.38. The van der Waals surface area contributed by atoms with Crippen LogP contribution < -0.4 is 5.32 Å². The van der Waals surface area contributed by atoms with Crippen molar-refractivity contribution >= 4 is 25.6 Å². The van der Waals surface area contributed by atoms with Gasteiger partial charge in [-0.25, -0.2) is 8.42 Å². The molecular formula is C12H16ClNO4S. The van der Waals surface area contributed by atoms with E-state index in [4.69, 9.17) is 15.4 Å². The number of hydrogen-bond donors (Lipinski definition) is 1. The quantitative estimate of drug-likeness (QED) is 0.771. The minimum absolute atomic E-state index is 0.0555. The van der Waals surface area contributed by atoms with Crippen molar-refractivity contribution in [2.45, 2.75) is 18.2 Å². The van der Waals surface area contributed by atoms with Gasteiger partial charge in [-0.05, 0) is 31.0 Å². The van der Waals surface area contributed by atoms with Gasteiger partial charge in [-0.15, -0.1) is 0 Å². The summed E-state index contributed by atoms with van der Waals surface area (Å²) in [5.41, 5.74) is 0.917. The van der Waals surface area contributed by atoms with E-state index in [0.29, 0.717) is 19.6 Å². The Kier molecular flexibility index (Phi) is 6.27. The number of carbonyl (C=O) groups is 1. The molecule has 0 aliphatic heterocycles. The number of nitrogens with one attached hydrogen (secondary N) is 1. The van der Waals surface area contributed by atoms with Crippen molar-refractivity contribution in [2.24, 2.45) is 0 Å². The first-order valence-corrected chi connectivity index (χ1v) is 8.12. The zero-order valence-electron chi connectivity index (χ0n) is 10.6. The molecule has 0 fully saturated rings. The van der Waals surface area contributed by atoms with Crippen LogP contribution in [0.5, 0.6) is 0 Å². The van der Waals surface area contributed by atoms with E-state index in [1.165, 1.54) is 12.1 Å². The number of rotatable bonds is 7. The molecule has 19 heavy (non-hydrogen) atoms. The maximum atomic E-state index is 11.2. The lowest BCUT2D eigenvalue weighted by atomic mass is 10.1. The average Bonchev–Trinajstić information content (AvgIpc) is 2.36. The summed E-state index contributed by atoms with van der Waals surface area (Å²) in [4.78, 5) is 11.3. The number of amides is 1. The summed E-state index contributed by atoms with van der Waals surface area (Å²) in [6.45, 7) is 2.85. The lowest BCUT2D eigenvalue weighted by Crippen LogP contribution is -2.29. The molecular weight excluding hydrogens is 290 g/mol. The number of ether oxygens (including phenoxy) is 1. The van der Waals surface area contributed by atoms with Crippen LogP contribution in [0, 0.1) is 0 Å². The van der Waals surface area contributed by atoms with Gasteiger partial charge >= 0.3 is 0 Å². The Morgan fingerprint density at radius 1 is 1.32 bits per heavy atom. The lowest BCUT2D eigenvalue weighted by molar-refractivity contribution is -0.125. The minimum Gasteiger partial charge on any atom is -0.372 e. The van der Waals surface area contributed by atoms with Crippen LogP contribution in [-0.2, 0) is 25.0 Å². The van der Waals surface area contributed by atoms with Gasteiger partial charge in [-0.1, -0.05) is 12.1 Å². The van der Waals surface area contributed by atoms with E-state index in [-0.39, 0.29) is 17.4 Å². The first kappa shape index (κ1) is 15.9. The average molecular weight is 306 g/mol. The van der Waals surface area contributed by atoms with Crippen LogP contribution in [0.2, 0.25) is 0 Å². The van der Waals surface area contributed by atoms with Crippen LogP contribution in [0.25, 0.3) is 0 Å². The van der Waals surface area contributed by atoms with E-state index in [1.54, 1.807) is 12.1 Å². The maximum absolute atomic E-state index is 11.2. The fourth-order valence-electron chi connectivity index (χ4n) is 1.41. The molecule has 0 aromatic heterocycles. The van der Waals surface area contributed by atoms with E-state index < -0.39 is 9.05 Å². The maximum Gasteiger partial charge on any atom is 0.261 e. The molecule has 5 nitrogen and oxygen atoms in total. The van der Waals surface area contributed by atoms with Crippen molar-refractivity contribution in [2.75, 3.05) is 19.8 Å². The van der Waals surface area contributed by atoms with Crippen molar-refractivity contribution in [1.82, 2.24) is 5.32 Å². The number of benzene rings is 1. The molecule has 0 radical (unpaired) electrons. The van der Waals surface area contributed by atoms with Crippen LogP contribution in [-0.4, -0.2) is 34.1 Å². The second-order valence-electron chi connectivity index (χ2n) is 3.82. The second kappa shape index (κ2) is 7.47. The highest BCUT2D eigenvalue weighted by Crippen LogP contribution is 2.15. The van der Waals surface area contributed by atoms with Gasteiger partial charge in [0, 0.05) is 23.8 Å². The SMILES string of the molecule is CCOCC(=O)NCCc1ccc(S(=O)(=O)Cl)cc1. The van der Waals surface area contributed by atoms with Crippen LogP contribution in [0.1, 0.15) is 12.5 Å². The van der Waals surface area contributed by atoms with Crippen LogP contribution >= 0.6 is 10.7 Å². The standard InChI is InChI=1S/C12H16ClNO4S/c1-2-18-9-12(15)14-8-7-10-3-5-11(6-4-10)19(13,16)17/h3-6H,2,7-9H2,1H3,(H,14,15). The van der Waals surface area contributed by atoms with Gasteiger partial charge < -0.3 is 10.1 Å². The van der Waals surface area contributed by atoms with Gasteiger partial charge in [-0.2, -0.15) is 0 Å². The molecule has 0 aliphatic carbocycles. The molecule has 0 aliphatic rings. The summed E-state index contributed by atoms with van der Waals surface area (Å²) in [7, 11) is 1.53. The molecule has 1 aromatic carbocycles. The zero-order valence-corrected chi connectivity index (χ0v) is 12.1. The summed E-state index contributed by atoms with van der Waals surface area (Å²) in [6, 6.07) is 6.23. The molecule has 0 unspecified atom stereocenters. The Hall–Kier alpha value is -1.11. The predicted molar refractivity (Wildman–Crippen MR) is 72.7 cm³/mol. The zero-order chi connectivity index (χ0) is 14.3. The van der Waals surface area contributed by atoms with E-state index in [1.807, 2.05) is 6.92 Å². The summed E-state index contributed by atoms with van der Waals surface area (Å²) >= 11 is 0. The summed E-state index contributed by atoms with van der Waals surface area (Å²) in [5, 5.41) is 2.70. The molecule has 0 saturated heterocycles. The van der Waals surface area contributed by atoms with E-state index >= 15 is 0 Å². The molecule has 7 heteroatoms. The van der Waals surface area contributed by atoms with Crippen molar-refractivity contribution < 1.29 is 17.9 Å². The van der Waals surface area contributed by atoms with Crippen LogP contribution in [0.4, 0.5) is 0 Å². The minimum atomic E-state index is -3.68. The van der Waals surface area contributed by atoms with Gasteiger partial charge in [-0.3, -0.25) is 4.79 Å². The third-order valence-corrected chi connectivity index (χ3v) is 3.75. The Labute approximate surface area is 117 Å². The molecule has 1 rings (SSSR count). The lowest BCUT2D eigenvalue weighted by Gasteiger charge is -2.05. The van der Waals surface area contributed by atoms with Crippen LogP contribution in [0.15, 0.2) is 29.2 Å². The molecule has 0 bridgehead atoms. The predicted octanol–water partition coefficient (Wildman–Crippen LogP) is 1.31. The van der Waals surface area contributed by atoms with E-state index in [2.05, 4.69) is 5.32 Å². The topological polar surface area (TPSA) is 72.5 Å². The number of hydrogen-bond acceptors (Lipinski definition) is 4. The number of halogens is 1. The fourth-order valence-corrected chi connectivity index (χ4v) is 2.18. The third kappa shape index (κ3) is 6.04. The van der Waals surface area contributed by atoms with E-state index in [0.717, 1.165) is 5.56 Å². The number of carbonyl (C=O) groups excluding carboxylic acids is 1.